The van der Waals surface area contributed by atoms with Crippen LogP contribution in [0.1, 0.15) is 14.9 Å². The first-order chi connectivity index (χ1) is 19.2. The molecule has 0 fully saturated rings. The van der Waals surface area contributed by atoms with Gasteiger partial charge in [0.2, 0.25) is 0 Å². The van der Waals surface area contributed by atoms with Crippen molar-refractivity contribution in [1.29, 1.82) is 0 Å². The Morgan fingerprint density at radius 2 is 0.500 bits per heavy atom. The first-order valence-corrected chi connectivity index (χ1v) is 10.3. The van der Waals surface area contributed by atoms with Gasteiger partial charge in [-0.25, -0.2) is 19.2 Å². The lowest BCUT2D eigenvalue weighted by Crippen LogP contribution is -2.09. The van der Waals surface area contributed by atoms with Gasteiger partial charge in [0, 0.05) is 28.4 Å². The van der Waals surface area contributed by atoms with Gasteiger partial charge >= 0.3 is 24.6 Å². The Kier molecular flexibility index (Phi) is 58.3. The van der Waals surface area contributed by atoms with Gasteiger partial charge in [0.25, 0.3) is 0 Å². The Balaban J connectivity index is -0.000000101. The Bertz CT molecular complexity index is 466. The van der Waals surface area contributed by atoms with E-state index in [4.69, 9.17) is 0 Å². The van der Waals surface area contributed by atoms with Crippen LogP contribution < -0.4 is 0 Å². The van der Waals surface area contributed by atoms with Crippen molar-refractivity contribution in [2.45, 2.75) is 14.9 Å². The zero-order chi connectivity index (χ0) is 31.3. The molecule has 0 amide bonds. The molecule has 0 aliphatic carbocycles. The first kappa shape index (κ1) is 51.5. The maximum absolute atomic E-state index is 10.2. The molecule has 20 heteroatoms. The van der Waals surface area contributed by atoms with E-state index in [1.54, 1.807) is 0 Å². The highest BCUT2D eigenvalue weighted by atomic mass is 16.8. The molecule has 0 heterocycles. The Morgan fingerprint density at radius 3 is 0.619 bits per heavy atom. The quantitative estimate of drug-likeness (QED) is 0.103. The summed E-state index contributed by atoms with van der Waals surface area (Å²) >= 11 is 0. The van der Waals surface area contributed by atoms with Crippen LogP contribution in [0.25, 0.3) is 0 Å². The third-order valence-corrected chi connectivity index (χ3v) is 2.51. The maximum Gasteiger partial charge on any atom is 0.510 e. The molecular weight excluding hydrogens is 584 g/mol. The van der Waals surface area contributed by atoms with Gasteiger partial charge in [0.05, 0.1) is 28.4 Å². The van der Waals surface area contributed by atoms with Crippen molar-refractivity contribution >= 4 is 24.6 Å². The summed E-state index contributed by atoms with van der Waals surface area (Å²) in [4.78, 5) is 40.8. The first-order valence-electron chi connectivity index (χ1n) is 10.3. The van der Waals surface area contributed by atoms with Crippen LogP contribution in [-0.4, -0.2) is 136 Å². The SMILES string of the molecule is C.C.COCOCOC(=O)OC.COCOCOC(=O)OC.COCOCOC(=O)OC.COCOCOC(=O)OC. The third kappa shape index (κ3) is 56.8. The molecule has 0 aliphatic heterocycles. The highest BCUT2D eigenvalue weighted by molar-refractivity contribution is 5.60. The zero-order valence-corrected chi connectivity index (χ0v) is 23.8. The van der Waals surface area contributed by atoms with E-state index in [0.717, 1.165) is 0 Å². The van der Waals surface area contributed by atoms with Gasteiger partial charge in [0.15, 0.2) is 27.2 Å². The van der Waals surface area contributed by atoms with E-state index < -0.39 is 24.6 Å². The van der Waals surface area contributed by atoms with Gasteiger partial charge in [0.1, 0.15) is 27.2 Å². The predicted octanol–water partition coefficient (Wildman–Crippen LogP) is 2.66. The van der Waals surface area contributed by atoms with E-state index in [2.05, 4.69) is 75.8 Å². The highest BCUT2D eigenvalue weighted by Gasteiger charge is 1.99. The van der Waals surface area contributed by atoms with Crippen molar-refractivity contribution in [2.24, 2.45) is 0 Å². The number of hydrogen-bond acceptors (Lipinski definition) is 20. The summed E-state index contributed by atoms with van der Waals surface area (Å²) in [6.07, 6.45) is -3.07. The van der Waals surface area contributed by atoms with Gasteiger partial charge in [-0.05, 0) is 0 Å². The van der Waals surface area contributed by atoms with E-state index in [9.17, 15) is 19.2 Å². The fraction of sp³-hybridized carbons (Fsp3) is 0.818. The summed E-state index contributed by atoms with van der Waals surface area (Å²) in [6.45, 7) is -0.232. The minimum Gasteiger partial charge on any atom is -0.438 e. The smallest absolute Gasteiger partial charge is 0.438 e. The molecule has 256 valence electrons. The second-order valence-electron chi connectivity index (χ2n) is 5.31. The lowest BCUT2D eigenvalue weighted by atomic mass is 11.2. The Morgan fingerprint density at radius 1 is 0.333 bits per heavy atom. The van der Waals surface area contributed by atoms with Crippen LogP contribution in [0.5, 0.6) is 0 Å². The average molecular weight is 633 g/mol. The molecule has 0 aliphatic rings. The molecule has 0 atom stereocenters. The van der Waals surface area contributed by atoms with Crippen molar-refractivity contribution in [3.05, 3.63) is 0 Å². The van der Waals surface area contributed by atoms with E-state index in [1.165, 1.54) is 56.9 Å². The number of methoxy groups -OCH3 is 8. The average Bonchev–Trinajstić information content (AvgIpc) is 2.98. The molecule has 0 unspecified atom stereocenters. The van der Waals surface area contributed by atoms with E-state index in [0.29, 0.717) is 0 Å². The number of rotatable bonds is 16. The van der Waals surface area contributed by atoms with Crippen LogP contribution in [0.3, 0.4) is 0 Å². The van der Waals surface area contributed by atoms with Crippen LogP contribution in [0.2, 0.25) is 0 Å². The molecule has 0 N–H and O–H groups in total. The van der Waals surface area contributed by atoms with Crippen molar-refractivity contribution in [3.63, 3.8) is 0 Å². The molecular formula is C22H48O20. The number of carbonyl (C=O) groups excluding carboxylic acids is 4. The van der Waals surface area contributed by atoms with Crippen molar-refractivity contribution in [1.82, 2.24) is 0 Å². The van der Waals surface area contributed by atoms with Gasteiger partial charge in [-0.15, -0.1) is 0 Å². The normalized spacial score (nSPS) is 8.57. The molecule has 0 aromatic carbocycles. The second kappa shape index (κ2) is 47.5. The predicted molar refractivity (Wildman–Crippen MR) is 139 cm³/mol. The molecule has 0 saturated carbocycles. The van der Waals surface area contributed by atoms with Crippen LogP contribution in [-0.2, 0) is 75.8 Å². The molecule has 0 aromatic heterocycles. The summed E-state index contributed by atoms with van der Waals surface area (Å²) in [5.41, 5.74) is 0. The summed E-state index contributed by atoms with van der Waals surface area (Å²) < 4.78 is 70.4. The number of ether oxygens (including phenoxy) is 16. The summed E-state index contributed by atoms with van der Waals surface area (Å²) in [5.74, 6) is 0. The van der Waals surface area contributed by atoms with Crippen LogP contribution in [0.15, 0.2) is 0 Å². The lowest BCUT2D eigenvalue weighted by molar-refractivity contribution is -0.106. The van der Waals surface area contributed by atoms with E-state index in [-0.39, 0.29) is 69.2 Å². The van der Waals surface area contributed by atoms with Crippen LogP contribution >= 0.6 is 0 Å². The molecule has 20 nitrogen and oxygen atoms in total. The van der Waals surface area contributed by atoms with E-state index in [1.807, 2.05) is 0 Å². The monoisotopic (exact) mass is 632 g/mol. The molecule has 0 rings (SSSR count). The molecule has 0 radical (unpaired) electrons. The Labute approximate surface area is 246 Å². The van der Waals surface area contributed by atoms with Gasteiger partial charge in [-0.1, -0.05) is 14.9 Å². The van der Waals surface area contributed by atoms with Gasteiger partial charge in [-0.2, -0.15) is 0 Å². The van der Waals surface area contributed by atoms with Crippen molar-refractivity contribution in [2.75, 3.05) is 111 Å². The van der Waals surface area contributed by atoms with Crippen molar-refractivity contribution < 1.29 is 95.0 Å². The zero-order valence-electron chi connectivity index (χ0n) is 23.8. The number of hydrogen-bond donors (Lipinski definition) is 0. The minimum atomic E-state index is -0.767. The summed E-state index contributed by atoms with van der Waals surface area (Å²) in [6, 6.07) is 0. The Hall–Kier alpha value is -3.24. The fourth-order valence-corrected chi connectivity index (χ4v) is 1.06. The van der Waals surface area contributed by atoms with Crippen LogP contribution in [0, 0.1) is 0 Å². The standard InChI is InChI=1S/4C5H10O5.2CH4/c4*1-7-3-9-4-10-5(6)8-2;;/h4*3-4H2,1-2H3;2*1H4. The lowest BCUT2D eigenvalue weighted by Gasteiger charge is -2.02. The molecule has 0 saturated heterocycles. The third-order valence-electron chi connectivity index (χ3n) is 2.51. The summed E-state index contributed by atoms with van der Waals surface area (Å²) in [7, 11) is 10.8. The van der Waals surface area contributed by atoms with Gasteiger partial charge < -0.3 is 75.8 Å². The largest absolute Gasteiger partial charge is 0.510 e. The van der Waals surface area contributed by atoms with Crippen molar-refractivity contribution in [3.8, 4) is 0 Å². The summed E-state index contributed by atoms with van der Waals surface area (Å²) in [5, 5.41) is 0. The van der Waals surface area contributed by atoms with Gasteiger partial charge in [-0.3, -0.25) is 0 Å². The highest BCUT2D eigenvalue weighted by Crippen LogP contribution is 1.85. The molecule has 0 spiro atoms. The molecule has 42 heavy (non-hydrogen) atoms. The fourth-order valence-electron chi connectivity index (χ4n) is 1.06. The van der Waals surface area contributed by atoms with E-state index >= 15 is 0 Å². The number of carbonyl (C=O) groups is 4. The molecule has 0 bridgehead atoms. The van der Waals surface area contributed by atoms with Crippen LogP contribution in [0.4, 0.5) is 19.2 Å². The maximum atomic E-state index is 10.2. The minimum absolute atomic E-state index is 0. The molecule has 0 aromatic rings. The topological polar surface area (TPSA) is 216 Å². The second-order valence-corrected chi connectivity index (χ2v) is 5.31.